The van der Waals surface area contributed by atoms with E-state index in [-0.39, 0.29) is 17.9 Å². The third-order valence-corrected chi connectivity index (χ3v) is 6.45. The quantitative estimate of drug-likeness (QED) is 0.714. The number of rotatable bonds is 7. The number of nitrogens with zero attached hydrogens (tertiary/aromatic N) is 2. The first-order valence-electron chi connectivity index (χ1n) is 11.8. The maximum atomic E-state index is 12.9. The van der Waals surface area contributed by atoms with Crippen molar-refractivity contribution in [1.29, 1.82) is 0 Å². The van der Waals surface area contributed by atoms with Crippen LogP contribution >= 0.6 is 0 Å². The fourth-order valence-corrected chi connectivity index (χ4v) is 4.46. The van der Waals surface area contributed by atoms with Gasteiger partial charge in [-0.2, -0.15) is 0 Å². The lowest BCUT2D eigenvalue weighted by molar-refractivity contribution is -0.128. The van der Waals surface area contributed by atoms with Crippen molar-refractivity contribution in [3.63, 3.8) is 0 Å². The van der Waals surface area contributed by atoms with Gasteiger partial charge in [0.25, 0.3) is 11.8 Å². The standard InChI is InChI=1S/C26H33N3O3/c1-3-21(4-2)27-25(30)24-18-29(22-9-5-6-10-23(22)32-24)17-19-11-13-20(14-12-19)26(31)28-15-7-8-16-28/h5-6,9-14,21,24H,3-4,7-8,15-18H2,1-2H3,(H,27,30). The second-order valence-corrected chi connectivity index (χ2v) is 8.67. The van der Waals surface area contributed by atoms with Crippen LogP contribution in [0.4, 0.5) is 5.69 Å². The Hall–Kier alpha value is -3.02. The van der Waals surface area contributed by atoms with Crippen molar-refractivity contribution in [2.75, 3.05) is 24.5 Å². The number of carbonyl (C=O) groups is 2. The van der Waals surface area contributed by atoms with Crippen molar-refractivity contribution in [2.45, 2.75) is 58.2 Å². The number of likely N-dealkylation sites (tertiary alicyclic amines) is 1. The summed E-state index contributed by atoms with van der Waals surface area (Å²) >= 11 is 0. The van der Waals surface area contributed by atoms with Crippen molar-refractivity contribution in [1.82, 2.24) is 10.2 Å². The molecule has 0 saturated carbocycles. The van der Waals surface area contributed by atoms with Crippen molar-refractivity contribution >= 4 is 17.5 Å². The second-order valence-electron chi connectivity index (χ2n) is 8.67. The van der Waals surface area contributed by atoms with E-state index in [4.69, 9.17) is 4.74 Å². The fourth-order valence-electron chi connectivity index (χ4n) is 4.46. The van der Waals surface area contributed by atoms with E-state index < -0.39 is 6.10 Å². The van der Waals surface area contributed by atoms with Crippen LogP contribution in [0.5, 0.6) is 5.75 Å². The maximum Gasteiger partial charge on any atom is 0.263 e. The van der Waals surface area contributed by atoms with Gasteiger partial charge in [0.05, 0.1) is 12.2 Å². The SMILES string of the molecule is CCC(CC)NC(=O)C1CN(Cc2ccc(C(=O)N3CCCC3)cc2)c2ccccc2O1. The van der Waals surface area contributed by atoms with Gasteiger partial charge in [0.1, 0.15) is 5.75 Å². The van der Waals surface area contributed by atoms with Gasteiger partial charge in [-0.25, -0.2) is 0 Å². The van der Waals surface area contributed by atoms with Crippen LogP contribution < -0.4 is 15.0 Å². The third kappa shape index (κ3) is 4.90. The van der Waals surface area contributed by atoms with E-state index in [2.05, 4.69) is 24.1 Å². The average molecular weight is 436 g/mol. The van der Waals surface area contributed by atoms with Gasteiger partial charge in [-0.05, 0) is 55.5 Å². The number of para-hydroxylation sites is 2. The summed E-state index contributed by atoms with van der Waals surface area (Å²) in [5, 5.41) is 3.12. The molecule has 1 N–H and O–H groups in total. The molecular weight excluding hydrogens is 402 g/mol. The minimum atomic E-state index is -0.554. The smallest absolute Gasteiger partial charge is 0.263 e. The highest BCUT2D eigenvalue weighted by Crippen LogP contribution is 2.34. The van der Waals surface area contributed by atoms with Crippen molar-refractivity contribution in [3.8, 4) is 5.75 Å². The van der Waals surface area contributed by atoms with Crippen LogP contribution in [0.15, 0.2) is 48.5 Å². The van der Waals surface area contributed by atoms with Crippen LogP contribution in [-0.4, -0.2) is 48.5 Å². The summed E-state index contributed by atoms with van der Waals surface area (Å²) in [5.74, 6) is 0.776. The monoisotopic (exact) mass is 435 g/mol. The Morgan fingerprint density at radius 2 is 1.72 bits per heavy atom. The van der Waals surface area contributed by atoms with Gasteiger partial charge < -0.3 is 19.9 Å². The Labute approximate surface area is 190 Å². The minimum Gasteiger partial charge on any atom is -0.477 e. The van der Waals surface area contributed by atoms with E-state index in [1.165, 1.54) is 0 Å². The molecule has 1 saturated heterocycles. The highest BCUT2D eigenvalue weighted by molar-refractivity contribution is 5.94. The van der Waals surface area contributed by atoms with E-state index >= 15 is 0 Å². The first kappa shape index (κ1) is 22.2. The normalized spacial score (nSPS) is 17.8. The zero-order valence-corrected chi connectivity index (χ0v) is 19.0. The summed E-state index contributed by atoms with van der Waals surface area (Å²) in [4.78, 5) is 29.6. The Kier molecular flexibility index (Phi) is 6.98. The van der Waals surface area contributed by atoms with E-state index in [9.17, 15) is 9.59 Å². The Morgan fingerprint density at radius 1 is 1.03 bits per heavy atom. The van der Waals surface area contributed by atoms with E-state index in [1.807, 2.05) is 53.4 Å². The van der Waals surface area contributed by atoms with Gasteiger partial charge in [0, 0.05) is 31.2 Å². The van der Waals surface area contributed by atoms with Crippen molar-refractivity contribution < 1.29 is 14.3 Å². The Bertz CT molecular complexity index is 934. The molecule has 32 heavy (non-hydrogen) atoms. The lowest BCUT2D eigenvalue weighted by Gasteiger charge is -2.36. The highest BCUT2D eigenvalue weighted by Gasteiger charge is 2.31. The van der Waals surface area contributed by atoms with Crippen molar-refractivity contribution in [2.24, 2.45) is 0 Å². The van der Waals surface area contributed by atoms with Crippen molar-refractivity contribution in [3.05, 3.63) is 59.7 Å². The zero-order chi connectivity index (χ0) is 22.5. The average Bonchev–Trinajstić information content (AvgIpc) is 3.37. The maximum absolute atomic E-state index is 12.9. The molecule has 0 radical (unpaired) electrons. The summed E-state index contributed by atoms with van der Waals surface area (Å²) in [6.45, 7) is 6.99. The van der Waals surface area contributed by atoms with Crippen LogP contribution in [0, 0.1) is 0 Å². The van der Waals surface area contributed by atoms with E-state index in [0.717, 1.165) is 61.3 Å². The summed E-state index contributed by atoms with van der Waals surface area (Å²) in [5.41, 5.74) is 2.82. The van der Waals surface area contributed by atoms with Crippen LogP contribution in [-0.2, 0) is 11.3 Å². The van der Waals surface area contributed by atoms with Gasteiger partial charge >= 0.3 is 0 Å². The number of fused-ring (bicyclic) bond motifs is 1. The molecule has 6 nitrogen and oxygen atoms in total. The number of hydrogen-bond donors (Lipinski definition) is 1. The number of hydrogen-bond acceptors (Lipinski definition) is 4. The summed E-state index contributed by atoms with van der Waals surface area (Å²) < 4.78 is 6.06. The summed E-state index contributed by atoms with van der Waals surface area (Å²) in [6, 6.07) is 15.9. The van der Waals surface area contributed by atoms with E-state index in [0.29, 0.717) is 13.1 Å². The number of ether oxygens (including phenoxy) is 1. The lowest BCUT2D eigenvalue weighted by atomic mass is 10.1. The number of nitrogens with one attached hydrogen (secondary N) is 1. The number of anilines is 1. The molecule has 0 spiro atoms. The predicted octanol–water partition coefficient (Wildman–Crippen LogP) is 4.00. The van der Waals surface area contributed by atoms with Crippen LogP contribution in [0.1, 0.15) is 55.5 Å². The molecule has 1 fully saturated rings. The zero-order valence-electron chi connectivity index (χ0n) is 19.0. The number of carbonyl (C=O) groups excluding carboxylic acids is 2. The molecule has 2 amide bonds. The van der Waals surface area contributed by atoms with Crippen LogP contribution in [0.2, 0.25) is 0 Å². The minimum absolute atomic E-state index is 0.0650. The summed E-state index contributed by atoms with van der Waals surface area (Å²) in [7, 11) is 0. The van der Waals surface area contributed by atoms with Gasteiger partial charge in [0.15, 0.2) is 6.10 Å². The molecule has 0 aromatic heterocycles. The van der Waals surface area contributed by atoms with Gasteiger partial charge in [-0.3, -0.25) is 9.59 Å². The molecule has 4 rings (SSSR count). The van der Waals surface area contributed by atoms with Crippen LogP contribution in [0.25, 0.3) is 0 Å². The second kappa shape index (κ2) is 10.1. The summed E-state index contributed by atoms with van der Waals surface area (Å²) in [6.07, 6.45) is 3.43. The van der Waals surface area contributed by atoms with Crippen LogP contribution in [0.3, 0.4) is 0 Å². The van der Waals surface area contributed by atoms with Gasteiger partial charge in [-0.15, -0.1) is 0 Å². The third-order valence-electron chi connectivity index (χ3n) is 6.45. The number of benzene rings is 2. The molecule has 2 aliphatic rings. The fraction of sp³-hybridized carbons (Fsp3) is 0.462. The molecule has 170 valence electrons. The Balaban J connectivity index is 1.48. The molecule has 1 unspecified atom stereocenters. The molecule has 1 atom stereocenters. The number of amides is 2. The molecule has 2 aromatic rings. The van der Waals surface area contributed by atoms with Gasteiger partial charge in [-0.1, -0.05) is 38.1 Å². The first-order chi connectivity index (χ1) is 15.6. The first-order valence-corrected chi connectivity index (χ1v) is 11.8. The molecule has 0 aliphatic carbocycles. The Morgan fingerprint density at radius 3 is 2.41 bits per heavy atom. The molecule has 6 heteroatoms. The predicted molar refractivity (Wildman–Crippen MR) is 126 cm³/mol. The molecule has 0 bridgehead atoms. The molecule has 2 aliphatic heterocycles. The highest BCUT2D eigenvalue weighted by atomic mass is 16.5. The molecule has 2 heterocycles. The van der Waals surface area contributed by atoms with E-state index in [1.54, 1.807) is 0 Å². The topological polar surface area (TPSA) is 61.9 Å². The molecule has 2 aromatic carbocycles. The largest absolute Gasteiger partial charge is 0.477 e. The lowest BCUT2D eigenvalue weighted by Crippen LogP contribution is -2.50. The molecular formula is C26H33N3O3. The van der Waals surface area contributed by atoms with Gasteiger partial charge in [0.2, 0.25) is 0 Å².